The van der Waals surface area contributed by atoms with E-state index in [4.69, 9.17) is 35.3 Å². The van der Waals surface area contributed by atoms with Crippen LogP contribution in [0.1, 0.15) is 82.4 Å². The van der Waals surface area contributed by atoms with Crippen LogP contribution in [0.15, 0.2) is 79.0 Å². The third-order valence-corrected chi connectivity index (χ3v) is 12.5. The molecular formula is C52H60N8O8. The van der Waals surface area contributed by atoms with E-state index in [9.17, 15) is 19.2 Å². The zero-order valence-electron chi connectivity index (χ0n) is 40.0. The number of alkyl carbamates (subject to hydrolysis) is 2. The Morgan fingerprint density at radius 2 is 1.51 bits per heavy atom. The van der Waals surface area contributed by atoms with Gasteiger partial charge in [0.15, 0.2) is 0 Å². The minimum Gasteiger partial charge on any atom is -0.488 e. The summed E-state index contributed by atoms with van der Waals surface area (Å²) in [4.78, 5) is 73.4. The number of H-pyrrole nitrogens is 2. The molecule has 7 rings (SSSR count). The Morgan fingerprint density at radius 3 is 2.21 bits per heavy atom. The highest BCUT2D eigenvalue weighted by molar-refractivity contribution is 6.07. The van der Waals surface area contributed by atoms with Crippen molar-refractivity contribution in [2.75, 3.05) is 41.0 Å². The van der Waals surface area contributed by atoms with Crippen LogP contribution in [-0.2, 0) is 30.4 Å². The number of hydrogen-bond acceptors (Lipinski definition) is 10. The Balaban J connectivity index is 1.16. The number of carbonyl (C=O) groups excluding carboxylic acids is 4. The minimum absolute atomic E-state index is 0.0296. The molecule has 0 saturated heterocycles. The number of fused-ring (bicyclic) bond motifs is 6. The lowest BCUT2D eigenvalue weighted by Gasteiger charge is -2.34. The molecule has 6 aromatic rings. The topological polar surface area (TPSA) is 193 Å². The molecule has 356 valence electrons. The maximum absolute atomic E-state index is 14.5. The number of carbonyl (C=O) groups is 4. The number of methoxy groups -OCH3 is 3. The van der Waals surface area contributed by atoms with Gasteiger partial charge in [0.1, 0.15) is 36.1 Å². The Hall–Kier alpha value is -7.38. The number of rotatable bonds is 17. The maximum atomic E-state index is 14.5. The number of terminal acetylenes is 1. The van der Waals surface area contributed by atoms with Gasteiger partial charge >= 0.3 is 12.2 Å². The Labute approximate surface area is 396 Å². The van der Waals surface area contributed by atoms with E-state index in [1.807, 2.05) is 84.0 Å². The summed E-state index contributed by atoms with van der Waals surface area (Å²) in [5.41, 5.74) is 6.78. The quantitative estimate of drug-likeness (QED) is 0.0645. The van der Waals surface area contributed by atoms with Crippen LogP contribution in [0.5, 0.6) is 5.75 Å². The molecule has 16 heteroatoms. The summed E-state index contributed by atoms with van der Waals surface area (Å²) in [6.45, 7) is 12.7. The van der Waals surface area contributed by atoms with Gasteiger partial charge in [-0.3, -0.25) is 9.59 Å². The van der Waals surface area contributed by atoms with Crippen molar-refractivity contribution in [3.8, 4) is 40.5 Å². The Bertz CT molecular complexity index is 2830. The van der Waals surface area contributed by atoms with Crippen molar-refractivity contribution in [3.05, 3.63) is 102 Å². The van der Waals surface area contributed by atoms with Crippen LogP contribution in [0.3, 0.4) is 0 Å². The van der Waals surface area contributed by atoms with Gasteiger partial charge in [0.05, 0.1) is 55.8 Å². The predicted molar refractivity (Wildman–Crippen MR) is 259 cm³/mol. The van der Waals surface area contributed by atoms with E-state index in [0.717, 1.165) is 55.5 Å². The van der Waals surface area contributed by atoms with Crippen LogP contribution in [0.2, 0.25) is 0 Å². The molecule has 0 unspecified atom stereocenters. The van der Waals surface area contributed by atoms with E-state index < -0.39 is 36.4 Å². The van der Waals surface area contributed by atoms with Gasteiger partial charge in [-0.1, -0.05) is 69.3 Å². The number of benzene rings is 4. The minimum atomic E-state index is -1.00. The summed E-state index contributed by atoms with van der Waals surface area (Å²) in [6.07, 6.45) is 6.10. The second kappa shape index (κ2) is 21.1. The van der Waals surface area contributed by atoms with Crippen molar-refractivity contribution in [3.63, 3.8) is 0 Å². The zero-order chi connectivity index (χ0) is 48.8. The van der Waals surface area contributed by atoms with Crippen LogP contribution < -0.4 is 15.4 Å². The average molecular weight is 925 g/mol. The van der Waals surface area contributed by atoms with E-state index in [1.165, 1.54) is 14.2 Å². The molecule has 4 N–H and O–H groups in total. The lowest BCUT2D eigenvalue weighted by atomic mass is 9.92. The molecule has 0 bridgehead atoms. The van der Waals surface area contributed by atoms with Crippen molar-refractivity contribution >= 4 is 45.8 Å². The van der Waals surface area contributed by atoms with Crippen LogP contribution >= 0.6 is 0 Å². The monoisotopic (exact) mass is 924 g/mol. The zero-order valence-corrected chi connectivity index (χ0v) is 40.0. The summed E-state index contributed by atoms with van der Waals surface area (Å²) in [6, 6.07) is 20.6. The summed E-state index contributed by atoms with van der Waals surface area (Å²) in [5, 5.41) is 7.27. The van der Waals surface area contributed by atoms with Gasteiger partial charge in [0, 0.05) is 37.1 Å². The SMILES string of the molecule is C#C[C@@H](C)CN(C(=O)[C@@H](NC(=O)OC)C(C)C)[C@@H](C)c1ncc(-c2ccc3c(c2)COc2cc4c(ccc5[nH]c([C@H](C)N(C[C@H](C)COC)C(=O)[C@H](NC(=O)OC)c6ccccc6)nc54)cc2-3)[nH]1. The smallest absolute Gasteiger partial charge is 0.407 e. The van der Waals surface area contributed by atoms with E-state index in [1.54, 1.807) is 35.2 Å². The van der Waals surface area contributed by atoms with Gasteiger partial charge in [-0.05, 0) is 84.5 Å². The average Bonchev–Trinajstić information content (AvgIpc) is 4.03. The molecule has 0 saturated carbocycles. The summed E-state index contributed by atoms with van der Waals surface area (Å²) in [7, 11) is 4.15. The Kier molecular flexibility index (Phi) is 15.0. The number of ether oxygens (including phenoxy) is 4. The first-order chi connectivity index (χ1) is 32.6. The van der Waals surface area contributed by atoms with E-state index in [2.05, 4.69) is 44.7 Å². The molecule has 0 spiro atoms. The lowest BCUT2D eigenvalue weighted by Crippen LogP contribution is -2.52. The number of aromatic nitrogens is 4. The number of hydrogen-bond donors (Lipinski definition) is 4. The molecule has 4 amide bonds. The van der Waals surface area contributed by atoms with Gasteiger partial charge in [0.2, 0.25) is 5.91 Å². The van der Waals surface area contributed by atoms with Gasteiger partial charge in [0.25, 0.3) is 5.91 Å². The van der Waals surface area contributed by atoms with Gasteiger partial charge in [-0.15, -0.1) is 12.3 Å². The highest BCUT2D eigenvalue weighted by Gasteiger charge is 2.35. The predicted octanol–water partition coefficient (Wildman–Crippen LogP) is 8.47. The molecule has 4 aromatic carbocycles. The molecule has 2 aromatic heterocycles. The van der Waals surface area contributed by atoms with Gasteiger partial charge in [-0.2, -0.15) is 0 Å². The highest BCUT2D eigenvalue weighted by Crippen LogP contribution is 2.43. The fraction of sp³-hybridized carbons (Fsp3) is 0.385. The highest BCUT2D eigenvalue weighted by atomic mass is 16.5. The molecule has 68 heavy (non-hydrogen) atoms. The third-order valence-electron chi connectivity index (χ3n) is 12.5. The molecule has 16 nitrogen and oxygen atoms in total. The largest absolute Gasteiger partial charge is 0.488 e. The number of nitrogens with one attached hydrogen (secondary N) is 4. The van der Waals surface area contributed by atoms with Crippen molar-refractivity contribution in [2.45, 2.75) is 72.3 Å². The summed E-state index contributed by atoms with van der Waals surface area (Å²) < 4.78 is 21.6. The number of amides is 4. The number of nitrogens with zero attached hydrogens (tertiary/aromatic N) is 4. The van der Waals surface area contributed by atoms with Gasteiger partial charge in [-0.25, -0.2) is 19.6 Å². The van der Waals surface area contributed by atoms with Crippen molar-refractivity contribution in [1.29, 1.82) is 0 Å². The summed E-state index contributed by atoms with van der Waals surface area (Å²) in [5.74, 6) is 3.49. The van der Waals surface area contributed by atoms with Crippen LogP contribution in [-0.4, -0.2) is 101 Å². The Morgan fingerprint density at radius 1 is 0.809 bits per heavy atom. The molecule has 1 aliphatic rings. The maximum Gasteiger partial charge on any atom is 0.407 e. The second-order valence-corrected chi connectivity index (χ2v) is 17.8. The molecule has 1 aliphatic heterocycles. The fourth-order valence-corrected chi connectivity index (χ4v) is 8.71. The van der Waals surface area contributed by atoms with Crippen LogP contribution in [0, 0.1) is 30.1 Å². The van der Waals surface area contributed by atoms with Gasteiger partial charge < -0.3 is 49.3 Å². The third kappa shape index (κ3) is 10.3. The van der Waals surface area contributed by atoms with Crippen molar-refractivity contribution < 1.29 is 38.1 Å². The van der Waals surface area contributed by atoms with Crippen molar-refractivity contribution in [1.82, 2.24) is 40.4 Å². The van der Waals surface area contributed by atoms with Crippen LogP contribution in [0.25, 0.3) is 44.2 Å². The molecule has 6 atom stereocenters. The van der Waals surface area contributed by atoms with E-state index in [-0.39, 0.29) is 36.1 Å². The first-order valence-corrected chi connectivity index (χ1v) is 22.7. The first-order valence-electron chi connectivity index (χ1n) is 22.7. The molecule has 0 fully saturated rings. The number of aromatic amines is 2. The van der Waals surface area contributed by atoms with Crippen molar-refractivity contribution in [2.24, 2.45) is 17.8 Å². The van der Waals surface area contributed by atoms with E-state index >= 15 is 0 Å². The molecule has 0 aliphatic carbocycles. The lowest BCUT2D eigenvalue weighted by molar-refractivity contribution is -0.137. The van der Waals surface area contributed by atoms with Crippen LogP contribution in [0.4, 0.5) is 9.59 Å². The first kappa shape index (κ1) is 48.6. The molecule has 3 heterocycles. The molecular weight excluding hydrogens is 865 g/mol. The summed E-state index contributed by atoms with van der Waals surface area (Å²) >= 11 is 0. The normalized spacial score (nSPS) is 14.5. The number of imidazole rings is 2. The van der Waals surface area contributed by atoms with E-state index in [0.29, 0.717) is 37.0 Å². The second-order valence-electron chi connectivity index (χ2n) is 17.8. The standard InChI is InChI=1S/C52H60N8O8/c1-11-30(4)25-59(49(61)44(29(2)3)57-51(63)66-9)32(6)47-53-24-42(55-47)36-17-19-38-37(21-36)28-68-43-23-39-35(22-40(38)43)18-20-41-46(39)56-48(54-41)33(7)60(26-31(5)27-65-8)50(62)45(58-52(64)67-10)34-15-13-12-14-16-34/h1,12-24,29-33,44-45H,25-28H2,2-10H3,(H,53,55)(H,54,56)(H,57,63)(H,58,64)/t30-,31+,32+,33+,44+,45-/m1/s1. The molecule has 0 radical (unpaired) electrons. The fourth-order valence-electron chi connectivity index (χ4n) is 8.71.